The van der Waals surface area contributed by atoms with Crippen molar-refractivity contribution >= 4 is 32.8 Å². The summed E-state index contributed by atoms with van der Waals surface area (Å²) in [5.74, 6) is -3.56. The number of carbonyl (C=O) groups excluding carboxylic acids is 1. The van der Waals surface area contributed by atoms with Crippen LogP contribution in [-0.4, -0.2) is 61.5 Å². The minimum absolute atomic E-state index is 0.0782. The predicted octanol–water partition coefficient (Wildman–Crippen LogP) is 2.84. The standard InChI is InChI=1S/C23H33F2N5O4S/c1-23(24,25)22-27-19-14-18(3-4-20(19)30(22)15-17-7-11-34-12-8-17)28(2)35(32,33)29-9-5-16(6-10-29)13-21(26)31/h3-4,14,16-17H,5-13,15H2,1-2H3,(H2,26,31). The second-order valence-electron chi connectivity index (χ2n) is 9.65. The second kappa shape index (κ2) is 9.98. The number of alkyl halides is 2. The maximum atomic E-state index is 14.5. The number of piperidine rings is 1. The lowest BCUT2D eigenvalue weighted by molar-refractivity contribution is -0.119. The fourth-order valence-corrected chi connectivity index (χ4v) is 6.35. The summed E-state index contributed by atoms with van der Waals surface area (Å²) in [6.07, 6.45) is 2.95. The van der Waals surface area contributed by atoms with Crippen LogP contribution in [0.15, 0.2) is 18.2 Å². The van der Waals surface area contributed by atoms with Gasteiger partial charge < -0.3 is 15.0 Å². The summed E-state index contributed by atoms with van der Waals surface area (Å²) in [7, 11) is -2.39. The number of anilines is 1. The van der Waals surface area contributed by atoms with Crippen molar-refractivity contribution in [1.29, 1.82) is 0 Å². The van der Waals surface area contributed by atoms with Gasteiger partial charge in [-0.05, 0) is 55.7 Å². The molecule has 0 bridgehead atoms. The van der Waals surface area contributed by atoms with Crippen LogP contribution in [0.1, 0.15) is 44.9 Å². The highest BCUT2D eigenvalue weighted by Crippen LogP contribution is 2.34. The molecule has 2 aliphatic heterocycles. The number of halogens is 2. The molecule has 2 aromatic rings. The molecule has 0 saturated carbocycles. The van der Waals surface area contributed by atoms with Gasteiger partial charge in [0.05, 0.1) is 16.7 Å². The van der Waals surface area contributed by atoms with Gasteiger partial charge in [0.1, 0.15) is 0 Å². The van der Waals surface area contributed by atoms with Crippen molar-refractivity contribution in [3.8, 4) is 0 Å². The van der Waals surface area contributed by atoms with Crippen LogP contribution in [0.4, 0.5) is 14.5 Å². The first kappa shape index (κ1) is 25.8. The van der Waals surface area contributed by atoms with Gasteiger partial charge in [0.15, 0.2) is 5.82 Å². The Kier molecular flexibility index (Phi) is 7.35. The number of aromatic nitrogens is 2. The molecule has 0 unspecified atom stereocenters. The molecule has 1 aromatic heterocycles. The van der Waals surface area contributed by atoms with Crippen LogP contribution in [0.2, 0.25) is 0 Å². The number of hydrogen-bond donors (Lipinski definition) is 1. The maximum absolute atomic E-state index is 14.5. The summed E-state index contributed by atoms with van der Waals surface area (Å²) in [6.45, 7) is 3.04. The maximum Gasteiger partial charge on any atom is 0.303 e. The number of ether oxygens (including phenoxy) is 1. The molecule has 35 heavy (non-hydrogen) atoms. The Labute approximate surface area is 204 Å². The predicted molar refractivity (Wildman–Crippen MR) is 128 cm³/mol. The monoisotopic (exact) mass is 513 g/mol. The number of benzene rings is 1. The lowest BCUT2D eigenvalue weighted by Crippen LogP contribution is -2.46. The van der Waals surface area contributed by atoms with E-state index >= 15 is 0 Å². The molecule has 0 radical (unpaired) electrons. The molecule has 0 aliphatic carbocycles. The van der Waals surface area contributed by atoms with Crippen LogP contribution in [0.3, 0.4) is 0 Å². The molecule has 3 heterocycles. The largest absolute Gasteiger partial charge is 0.381 e. The van der Waals surface area contributed by atoms with Crippen molar-refractivity contribution in [2.75, 3.05) is 37.7 Å². The third-order valence-corrected chi connectivity index (χ3v) is 8.93. The molecule has 0 spiro atoms. The van der Waals surface area contributed by atoms with E-state index in [-0.39, 0.29) is 30.0 Å². The first-order chi connectivity index (χ1) is 16.5. The van der Waals surface area contributed by atoms with Gasteiger partial charge in [-0.25, -0.2) is 4.98 Å². The zero-order valence-corrected chi connectivity index (χ0v) is 20.9. The Balaban J connectivity index is 1.58. The number of rotatable bonds is 8. The quantitative estimate of drug-likeness (QED) is 0.584. The van der Waals surface area contributed by atoms with Crippen LogP contribution in [-0.2, 0) is 32.2 Å². The molecule has 2 aliphatic rings. The molecular weight excluding hydrogens is 480 g/mol. The van der Waals surface area contributed by atoms with Crippen LogP contribution >= 0.6 is 0 Å². The summed E-state index contributed by atoms with van der Waals surface area (Å²) in [6, 6.07) is 4.83. The van der Waals surface area contributed by atoms with Gasteiger partial charge in [-0.2, -0.15) is 21.5 Å². The minimum Gasteiger partial charge on any atom is -0.381 e. The van der Waals surface area contributed by atoms with Crippen LogP contribution in [0.25, 0.3) is 11.0 Å². The van der Waals surface area contributed by atoms with E-state index in [0.29, 0.717) is 62.4 Å². The first-order valence-corrected chi connectivity index (χ1v) is 13.3. The van der Waals surface area contributed by atoms with Crippen molar-refractivity contribution in [3.05, 3.63) is 24.0 Å². The second-order valence-corrected chi connectivity index (χ2v) is 11.6. The Morgan fingerprint density at radius 2 is 1.86 bits per heavy atom. The van der Waals surface area contributed by atoms with Crippen LogP contribution in [0, 0.1) is 11.8 Å². The van der Waals surface area contributed by atoms with E-state index in [9.17, 15) is 22.0 Å². The number of nitrogens with two attached hydrogens (primary N) is 1. The van der Waals surface area contributed by atoms with E-state index in [4.69, 9.17) is 10.5 Å². The lowest BCUT2D eigenvalue weighted by atomic mass is 9.94. The van der Waals surface area contributed by atoms with Crippen LogP contribution < -0.4 is 10.0 Å². The molecule has 194 valence electrons. The topological polar surface area (TPSA) is 111 Å². The SMILES string of the molecule is CN(c1ccc2c(c1)nc(C(C)(F)F)n2CC1CCOCC1)S(=O)(=O)N1CCC(CC(N)=O)CC1. The Morgan fingerprint density at radius 1 is 1.20 bits per heavy atom. The average Bonchev–Trinajstić information content (AvgIpc) is 3.17. The number of primary amides is 1. The van der Waals surface area contributed by atoms with E-state index < -0.39 is 16.1 Å². The summed E-state index contributed by atoms with van der Waals surface area (Å²) in [4.78, 5) is 15.4. The number of hydrogen-bond acceptors (Lipinski definition) is 5. The normalized spacial score (nSPS) is 19.3. The van der Waals surface area contributed by atoms with E-state index in [1.807, 2.05) is 0 Å². The molecule has 1 aromatic carbocycles. The summed E-state index contributed by atoms with van der Waals surface area (Å²) < 4.78 is 64.9. The van der Waals surface area contributed by atoms with Gasteiger partial charge in [-0.3, -0.25) is 9.10 Å². The minimum atomic E-state index is -3.84. The molecule has 4 rings (SSSR count). The number of fused-ring (bicyclic) bond motifs is 1. The highest BCUT2D eigenvalue weighted by molar-refractivity contribution is 7.90. The molecular formula is C23H33F2N5O4S. The van der Waals surface area contributed by atoms with Gasteiger partial charge in [0, 0.05) is 53.2 Å². The van der Waals surface area contributed by atoms with Crippen LogP contribution in [0.5, 0.6) is 0 Å². The lowest BCUT2D eigenvalue weighted by Gasteiger charge is -2.34. The molecule has 2 saturated heterocycles. The Hall–Kier alpha value is -2.31. The number of nitrogens with zero attached hydrogens (tertiary/aromatic N) is 4. The fraction of sp³-hybridized carbons (Fsp3) is 0.652. The highest BCUT2D eigenvalue weighted by atomic mass is 32.2. The van der Waals surface area contributed by atoms with E-state index in [0.717, 1.165) is 24.1 Å². The van der Waals surface area contributed by atoms with Crippen molar-refractivity contribution in [2.24, 2.45) is 17.6 Å². The van der Waals surface area contributed by atoms with E-state index in [1.54, 1.807) is 22.8 Å². The Morgan fingerprint density at radius 3 is 2.46 bits per heavy atom. The Bertz CT molecular complexity index is 1170. The smallest absolute Gasteiger partial charge is 0.303 e. The highest BCUT2D eigenvalue weighted by Gasteiger charge is 2.34. The molecule has 0 atom stereocenters. The van der Waals surface area contributed by atoms with E-state index in [1.165, 1.54) is 11.4 Å². The number of imidazole rings is 1. The summed E-state index contributed by atoms with van der Waals surface area (Å²) in [5.41, 5.74) is 6.49. The van der Waals surface area contributed by atoms with Gasteiger partial charge in [0.25, 0.3) is 0 Å². The number of amides is 1. The third-order valence-electron chi connectivity index (χ3n) is 7.01. The average molecular weight is 514 g/mol. The molecule has 2 N–H and O–H groups in total. The summed E-state index contributed by atoms with van der Waals surface area (Å²) >= 11 is 0. The van der Waals surface area contributed by atoms with Gasteiger partial charge in [-0.15, -0.1) is 0 Å². The van der Waals surface area contributed by atoms with Crippen molar-refractivity contribution in [2.45, 2.75) is 51.5 Å². The first-order valence-electron chi connectivity index (χ1n) is 12.0. The number of carbonyl (C=O) groups is 1. The molecule has 12 heteroatoms. The van der Waals surface area contributed by atoms with Gasteiger partial charge in [-0.1, -0.05) is 0 Å². The molecule has 1 amide bonds. The van der Waals surface area contributed by atoms with Crippen molar-refractivity contribution in [3.63, 3.8) is 0 Å². The molecule has 2 fully saturated rings. The summed E-state index contributed by atoms with van der Waals surface area (Å²) in [5, 5.41) is 0. The third kappa shape index (κ3) is 5.59. The van der Waals surface area contributed by atoms with E-state index in [2.05, 4.69) is 4.98 Å². The molecule has 9 nitrogen and oxygen atoms in total. The van der Waals surface area contributed by atoms with Gasteiger partial charge >= 0.3 is 16.1 Å². The van der Waals surface area contributed by atoms with Crippen molar-refractivity contribution in [1.82, 2.24) is 13.9 Å². The zero-order chi connectivity index (χ0) is 25.4. The fourth-order valence-electron chi connectivity index (χ4n) is 4.96. The van der Waals surface area contributed by atoms with Gasteiger partial charge in [0.2, 0.25) is 5.91 Å². The zero-order valence-electron chi connectivity index (χ0n) is 20.1. The van der Waals surface area contributed by atoms with Crippen molar-refractivity contribution < 1.29 is 26.7 Å².